The second-order valence-corrected chi connectivity index (χ2v) is 5.85. The summed E-state index contributed by atoms with van der Waals surface area (Å²) < 4.78 is 32.0. The number of para-hydroxylation sites is 1. The summed E-state index contributed by atoms with van der Waals surface area (Å²) in [7, 11) is -0.428. The SMILES string of the molecule is C[C@@H](CNS(=O)(=O)N(C)C)Oc1ccccc1. The minimum absolute atomic E-state index is 0.230. The zero-order valence-corrected chi connectivity index (χ0v) is 11.1. The van der Waals surface area contributed by atoms with Crippen molar-refractivity contribution in [3.63, 3.8) is 0 Å². The largest absolute Gasteiger partial charge is 0.489 e. The third-order valence-electron chi connectivity index (χ3n) is 2.11. The second-order valence-electron chi connectivity index (χ2n) is 3.88. The molecule has 6 heteroatoms. The molecular weight excluding hydrogens is 240 g/mol. The lowest BCUT2D eigenvalue weighted by Crippen LogP contribution is -2.40. The van der Waals surface area contributed by atoms with Crippen molar-refractivity contribution in [3.8, 4) is 5.75 Å². The van der Waals surface area contributed by atoms with Crippen LogP contribution in [0.2, 0.25) is 0 Å². The molecule has 17 heavy (non-hydrogen) atoms. The zero-order chi connectivity index (χ0) is 12.9. The molecule has 0 fully saturated rings. The monoisotopic (exact) mass is 258 g/mol. The Morgan fingerprint density at radius 1 is 1.29 bits per heavy atom. The third-order valence-corrected chi connectivity index (χ3v) is 3.61. The van der Waals surface area contributed by atoms with Crippen LogP contribution in [0.4, 0.5) is 0 Å². The Morgan fingerprint density at radius 3 is 2.41 bits per heavy atom. The normalized spacial score (nSPS) is 13.6. The molecule has 1 atom stereocenters. The van der Waals surface area contributed by atoms with Crippen LogP contribution in [0.5, 0.6) is 5.75 Å². The molecule has 0 aromatic heterocycles. The van der Waals surface area contributed by atoms with Crippen LogP contribution in [-0.2, 0) is 10.2 Å². The first-order valence-corrected chi connectivity index (χ1v) is 6.74. The van der Waals surface area contributed by atoms with Crippen molar-refractivity contribution < 1.29 is 13.2 Å². The molecule has 5 nitrogen and oxygen atoms in total. The van der Waals surface area contributed by atoms with Crippen LogP contribution in [0, 0.1) is 0 Å². The van der Waals surface area contributed by atoms with Crippen LogP contribution in [0.1, 0.15) is 6.92 Å². The first-order valence-electron chi connectivity index (χ1n) is 5.30. The van der Waals surface area contributed by atoms with Crippen molar-refractivity contribution in [3.05, 3.63) is 30.3 Å². The van der Waals surface area contributed by atoms with Gasteiger partial charge in [-0.15, -0.1) is 0 Å². The van der Waals surface area contributed by atoms with Gasteiger partial charge in [0.2, 0.25) is 0 Å². The predicted molar refractivity (Wildman–Crippen MR) is 67.1 cm³/mol. The standard InChI is InChI=1S/C11H18N2O3S/c1-10(9-12-17(14,15)13(2)3)16-11-7-5-4-6-8-11/h4-8,10,12H,9H2,1-3H3/t10-/m0/s1. The highest BCUT2D eigenvalue weighted by molar-refractivity contribution is 7.87. The Bertz CT molecular complexity index is 431. The van der Waals surface area contributed by atoms with Gasteiger partial charge in [-0.2, -0.15) is 17.4 Å². The molecule has 0 saturated heterocycles. The topological polar surface area (TPSA) is 58.6 Å². The maximum absolute atomic E-state index is 11.4. The molecule has 0 radical (unpaired) electrons. The first kappa shape index (κ1) is 14.0. The van der Waals surface area contributed by atoms with Crippen molar-refractivity contribution in [2.45, 2.75) is 13.0 Å². The average molecular weight is 258 g/mol. The first-order chi connectivity index (χ1) is 7.92. The van der Waals surface area contributed by atoms with Gasteiger partial charge in [0.05, 0.1) is 0 Å². The predicted octanol–water partition coefficient (Wildman–Crippen LogP) is 0.850. The van der Waals surface area contributed by atoms with Gasteiger partial charge in [-0.1, -0.05) is 18.2 Å². The molecule has 0 saturated carbocycles. The van der Waals surface area contributed by atoms with Crippen LogP contribution in [-0.4, -0.2) is 39.5 Å². The molecule has 1 aromatic rings. The molecular formula is C11H18N2O3S. The number of benzene rings is 1. The van der Waals surface area contributed by atoms with Gasteiger partial charge in [-0.25, -0.2) is 0 Å². The number of nitrogens with zero attached hydrogens (tertiary/aromatic N) is 1. The third kappa shape index (κ3) is 4.72. The van der Waals surface area contributed by atoms with E-state index < -0.39 is 10.2 Å². The van der Waals surface area contributed by atoms with Crippen molar-refractivity contribution in [2.75, 3.05) is 20.6 Å². The van der Waals surface area contributed by atoms with Gasteiger partial charge in [0, 0.05) is 20.6 Å². The summed E-state index contributed by atoms with van der Waals surface area (Å²) in [6.07, 6.45) is -0.230. The van der Waals surface area contributed by atoms with E-state index in [1.165, 1.54) is 14.1 Å². The van der Waals surface area contributed by atoms with E-state index in [0.29, 0.717) is 0 Å². The Kier molecular flexibility index (Phi) is 4.92. The number of hydrogen-bond acceptors (Lipinski definition) is 3. The van der Waals surface area contributed by atoms with E-state index in [0.717, 1.165) is 10.1 Å². The summed E-state index contributed by atoms with van der Waals surface area (Å²) >= 11 is 0. The Morgan fingerprint density at radius 2 is 1.88 bits per heavy atom. The van der Waals surface area contributed by atoms with E-state index in [-0.39, 0.29) is 12.6 Å². The number of nitrogens with one attached hydrogen (secondary N) is 1. The maximum Gasteiger partial charge on any atom is 0.279 e. The van der Waals surface area contributed by atoms with E-state index >= 15 is 0 Å². The van der Waals surface area contributed by atoms with Crippen molar-refractivity contribution in [1.29, 1.82) is 0 Å². The average Bonchev–Trinajstić information content (AvgIpc) is 2.28. The molecule has 0 heterocycles. The van der Waals surface area contributed by atoms with Gasteiger partial charge >= 0.3 is 0 Å². The molecule has 1 aromatic carbocycles. The lowest BCUT2D eigenvalue weighted by atomic mass is 10.3. The van der Waals surface area contributed by atoms with Gasteiger partial charge in [-0.3, -0.25) is 0 Å². The molecule has 0 unspecified atom stereocenters. The van der Waals surface area contributed by atoms with E-state index in [1.54, 1.807) is 0 Å². The Balaban J connectivity index is 2.44. The summed E-state index contributed by atoms with van der Waals surface area (Å²) in [6, 6.07) is 9.29. The maximum atomic E-state index is 11.4. The van der Waals surface area contributed by atoms with Gasteiger partial charge in [0.25, 0.3) is 10.2 Å². The van der Waals surface area contributed by atoms with Crippen LogP contribution < -0.4 is 9.46 Å². The highest BCUT2D eigenvalue weighted by Crippen LogP contribution is 2.10. The molecule has 0 spiro atoms. The quantitative estimate of drug-likeness (QED) is 0.823. The summed E-state index contributed by atoms with van der Waals surface area (Å²) in [5, 5.41) is 0. The van der Waals surface area contributed by atoms with E-state index in [2.05, 4.69) is 4.72 Å². The molecule has 96 valence electrons. The molecule has 0 aliphatic carbocycles. The Labute approximate surface area is 103 Å². The fourth-order valence-corrected chi connectivity index (χ4v) is 1.83. The van der Waals surface area contributed by atoms with Gasteiger partial charge < -0.3 is 4.74 Å². The zero-order valence-electron chi connectivity index (χ0n) is 10.3. The van der Waals surface area contributed by atoms with E-state index in [9.17, 15) is 8.42 Å². The van der Waals surface area contributed by atoms with Gasteiger partial charge in [0.1, 0.15) is 11.9 Å². The van der Waals surface area contributed by atoms with Crippen LogP contribution in [0.25, 0.3) is 0 Å². The highest BCUT2D eigenvalue weighted by Gasteiger charge is 2.14. The van der Waals surface area contributed by atoms with Crippen LogP contribution in [0.15, 0.2) is 30.3 Å². The van der Waals surface area contributed by atoms with Crippen molar-refractivity contribution in [2.24, 2.45) is 0 Å². The minimum atomic E-state index is -3.38. The molecule has 0 aliphatic heterocycles. The molecule has 0 amide bonds. The van der Waals surface area contributed by atoms with Crippen LogP contribution >= 0.6 is 0 Å². The minimum Gasteiger partial charge on any atom is -0.489 e. The molecule has 0 aliphatic rings. The van der Waals surface area contributed by atoms with Crippen molar-refractivity contribution in [1.82, 2.24) is 9.03 Å². The lowest BCUT2D eigenvalue weighted by Gasteiger charge is -2.17. The smallest absolute Gasteiger partial charge is 0.279 e. The number of rotatable bonds is 6. The van der Waals surface area contributed by atoms with E-state index in [1.807, 2.05) is 37.3 Å². The van der Waals surface area contributed by atoms with E-state index in [4.69, 9.17) is 4.74 Å². The summed E-state index contributed by atoms with van der Waals surface area (Å²) in [5.41, 5.74) is 0. The van der Waals surface area contributed by atoms with Gasteiger partial charge in [0.15, 0.2) is 0 Å². The molecule has 1 N–H and O–H groups in total. The lowest BCUT2D eigenvalue weighted by molar-refractivity contribution is 0.224. The fraction of sp³-hybridized carbons (Fsp3) is 0.455. The number of hydrogen-bond donors (Lipinski definition) is 1. The summed E-state index contributed by atoms with van der Waals surface area (Å²) in [4.78, 5) is 0. The molecule has 0 bridgehead atoms. The number of ether oxygens (including phenoxy) is 1. The fourth-order valence-electron chi connectivity index (χ4n) is 1.12. The summed E-state index contributed by atoms with van der Waals surface area (Å²) in [6.45, 7) is 2.04. The van der Waals surface area contributed by atoms with Gasteiger partial charge in [-0.05, 0) is 19.1 Å². The second kappa shape index (κ2) is 6.00. The Hall–Kier alpha value is -1.11. The van der Waals surface area contributed by atoms with Crippen molar-refractivity contribution >= 4 is 10.2 Å². The molecule has 1 rings (SSSR count). The highest BCUT2D eigenvalue weighted by atomic mass is 32.2. The summed E-state index contributed by atoms with van der Waals surface area (Å²) in [5.74, 6) is 0.726. The van der Waals surface area contributed by atoms with Crippen LogP contribution in [0.3, 0.4) is 0 Å².